The molecule has 0 bridgehead atoms. The predicted molar refractivity (Wildman–Crippen MR) is 201 cm³/mol. The van der Waals surface area contributed by atoms with Crippen molar-refractivity contribution < 1.29 is 14.2 Å². The van der Waals surface area contributed by atoms with Crippen LogP contribution in [0.15, 0.2) is 90.6 Å². The lowest BCUT2D eigenvalue weighted by molar-refractivity contribution is -0.0658. The van der Waals surface area contributed by atoms with Crippen molar-refractivity contribution >= 4 is 34.6 Å². The third-order valence-corrected chi connectivity index (χ3v) is 9.49. The highest BCUT2D eigenvalue weighted by Gasteiger charge is 2.29. The molecule has 3 atom stereocenters. The third kappa shape index (κ3) is 9.21. The Bertz CT molecular complexity index is 1720. The summed E-state index contributed by atoms with van der Waals surface area (Å²) < 4.78 is 20.9. The summed E-state index contributed by atoms with van der Waals surface area (Å²) in [6, 6.07) is 21.7. The van der Waals surface area contributed by atoms with E-state index in [4.69, 9.17) is 37.4 Å². The average Bonchev–Trinajstić information content (AvgIpc) is 3.78. The molecule has 2 aliphatic rings. The van der Waals surface area contributed by atoms with Crippen LogP contribution in [0, 0.1) is 0 Å². The molecule has 0 spiro atoms. The van der Waals surface area contributed by atoms with Gasteiger partial charge in [0, 0.05) is 67.9 Å². The van der Waals surface area contributed by atoms with Gasteiger partial charge < -0.3 is 29.0 Å². The SMILES string of the molecule is C=CN(CC)NC.CCC(C)n1ncn(-c2ccc(N3CCN(c4ccc(OC[C@@H]5COC(c6ccc(Cl)cc6Cl)O5)cc4)CC3)cc2)c1=O. The van der Waals surface area contributed by atoms with Gasteiger partial charge in [0.2, 0.25) is 0 Å². The molecule has 4 aromatic rings. The molecule has 6 rings (SSSR count). The maximum Gasteiger partial charge on any atom is 0.350 e. The van der Waals surface area contributed by atoms with E-state index in [-0.39, 0.29) is 17.8 Å². The fourth-order valence-corrected chi connectivity index (χ4v) is 6.23. The third-order valence-electron chi connectivity index (χ3n) is 8.93. The van der Waals surface area contributed by atoms with Gasteiger partial charge >= 0.3 is 5.69 Å². The number of hydrogen-bond donors (Lipinski definition) is 1. The number of ether oxygens (including phenoxy) is 3. The highest BCUT2D eigenvalue weighted by molar-refractivity contribution is 6.35. The van der Waals surface area contributed by atoms with Gasteiger partial charge in [-0.15, -0.1) is 0 Å². The molecule has 0 amide bonds. The van der Waals surface area contributed by atoms with E-state index in [0.29, 0.717) is 23.3 Å². The van der Waals surface area contributed by atoms with Gasteiger partial charge in [0.1, 0.15) is 24.8 Å². The van der Waals surface area contributed by atoms with E-state index in [9.17, 15) is 4.79 Å². The van der Waals surface area contributed by atoms with Crippen LogP contribution >= 0.6 is 23.2 Å². The van der Waals surface area contributed by atoms with Crippen LogP contribution in [0.1, 0.15) is 45.1 Å². The first-order chi connectivity index (χ1) is 24.2. The zero-order chi connectivity index (χ0) is 35.6. The minimum Gasteiger partial charge on any atom is -0.491 e. The molecular weight excluding hydrogens is 677 g/mol. The van der Waals surface area contributed by atoms with Crippen LogP contribution in [0.4, 0.5) is 11.4 Å². The summed E-state index contributed by atoms with van der Waals surface area (Å²) in [7, 11) is 1.87. The normalized spacial score (nSPS) is 18.0. The van der Waals surface area contributed by atoms with Gasteiger partial charge in [-0.1, -0.05) is 42.8 Å². The largest absolute Gasteiger partial charge is 0.491 e. The molecule has 2 fully saturated rings. The maximum absolute atomic E-state index is 12.7. The number of nitrogens with one attached hydrogen (secondary N) is 1. The van der Waals surface area contributed by atoms with Crippen LogP contribution in [0.5, 0.6) is 5.75 Å². The number of aromatic nitrogens is 3. The maximum atomic E-state index is 12.7. The number of rotatable bonds is 12. The van der Waals surface area contributed by atoms with Crippen LogP contribution in [0.2, 0.25) is 10.0 Å². The van der Waals surface area contributed by atoms with Crippen molar-refractivity contribution in [3.63, 3.8) is 0 Å². The van der Waals surface area contributed by atoms with Gasteiger partial charge in [-0.05, 0) is 80.9 Å². The number of nitrogens with zero attached hydrogens (tertiary/aromatic N) is 6. The summed E-state index contributed by atoms with van der Waals surface area (Å²) in [4.78, 5) is 17.5. The van der Waals surface area contributed by atoms with Gasteiger partial charge in [-0.25, -0.2) is 19.5 Å². The molecule has 1 aromatic heterocycles. The van der Waals surface area contributed by atoms with Crippen molar-refractivity contribution in [2.24, 2.45) is 0 Å². The zero-order valence-electron chi connectivity index (χ0n) is 29.2. The Morgan fingerprint density at radius 2 is 1.62 bits per heavy atom. The van der Waals surface area contributed by atoms with Crippen molar-refractivity contribution in [2.75, 3.05) is 62.8 Å². The Balaban J connectivity index is 0.000000630. The monoisotopic (exact) mass is 723 g/mol. The van der Waals surface area contributed by atoms with Gasteiger partial charge in [0.25, 0.3) is 0 Å². The topological polar surface area (TPSA) is 89.3 Å². The van der Waals surface area contributed by atoms with Crippen molar-refractivity contribution in [1.29, 1.82) is 0 Å². The van der Waals surface area contributed by atoms with E-state index in [1.165, 1.54) is 0 Å². The molecule has 268 valence electrons. The quantitative estimate of drug-likeness (QED) is 0.160. The number of hydrogen-bond acceptors (Lipinski definition) is 9. The Labute approximate surface area is 304 Å². The first-order valence-corrected chi connectivity index (χ1v) is 17.8. The molecule has 11 nitrogen and oxygen atoms in total. The van der Waals surface area contributed by atoms with E-state index < -0.39 is 6.29 Å². The Kier molecular flexibility index (Phi) is 13.2. The summed E-state index contributed by atoms with van der Waals surface area (Å²) in [6.07, 6.45) is 3.49. The zero-order valence-corrected chi connectivity index (χ0v) is 30.7. The molecule has 3 aromatic carbocycles. The lowest BCUT2D eigenvalue weighted by Crippen LogP contribution is -2.46. The van der Waals surface area contributed by atoms with Crippen LogP contribution in [-0.4, -0.2) is 78.4 Å². The minimum atomic E-state index is -0.526. The Morgan fingerprint density at radius 3 is 2.16 bits per heavy atom. The van der Waals surface area contributed by atoms with Crippen molar-refractivity contribution in [1.82, 2.24) is 24.8 Å². The van der Waals surface area contributed by atoms with Gasteiger partial charge in [0.05, 0.1) is 23.4 Å². The Morgan fingerprint density at radius 1 is 1.00 bits per heavy atom. The number of hydrazine groups is 1. The number of benzene rings is 3. The predicted octanol–water partition coefficient (Wildman–Crippen LogP) is 6.72. The van der Waals surface area contributed by atoms with E-state index in [1.807, 2.05) is 56.2 Å². The second kappa shape index (κ2) is 17.8. The fraction of sp³-hybridized carbons (Fsp3) is 0.405. The number of halogens is 2. The second-order valence-corrected chi connectivity index (χ2v) is 12.9. The molecule has 2 saturated heterocycles. The molecule has 2 unspecified atom stereocenters. The van der Waals surface area contributed by atoms with Crippen molar-refractivity contribution in [3.05, 3.63) is 112 Å². The van der Waals surface area contributed by atoms with Crippen LogP contribution in [0.3, 0.4) is 0 Å². The minimum absolute atomic E-state index is 0.0737. The highest BCUT2D eigenvalue weighted by atomic mass is 35.5. The summed E-state index contributed by atoms with van der Waals surface area (Å²) in [5.74, 6) is 0.785. The van der Waals surface area contributed by atoms with E-state index in [0.717, 1.165) is 67.5 Å². The molecular formula is C37H47Cl2N7O4. The first-order valence-electron chi connectivity index (χ1n) is 17.0. The summed E-state index contributed by atoms with van der Waals surface area (Å²) in [5.41, 5.74) is 6.70. The fourth-order valence-electron chi connectivity index (χ4n) is 5.73. The lowest BCUT2D eigenvalue weighted by Gasteiger charge is -2.37. The van der Waals surface area contributed by atoms with Crippen LogP contribution in [-0.2, 0) is 9.47 Å². The molecule has 13 heteroatoms. The summed E-state index contributed by atoms with van der Waals surface area (Å²) in [6.45, 7) is 15.1. The van der Waals surface area contributed by atoms with Crippen molar-refractivity contribution in [3.8, 4) is 11.4 Å². The first kappa shape index (κ1) is 37.3. The lowest BCUT2D eigenvalue weighted by atomic mass is 10.2. The smallest absolute Gasteiger partial charge is 0.350 e. The molecule has 2 aliphatic heterocycles. The van der Waals surface area contributed by atoms with E-state index >= 15 is 0 Å². The van der Waals surface area contributed by atoms with Crippen molar-refractivity contribution in [2.45, 2.75) is 45.6 Å². The molecule has 0 saturated carbocycles. The summed E-state index contributed by atoms with van der Waals surface area (Å²) in [5, 5.41) is 7.27. The number of piperazine rings is 1. The van der Waals surface area contributed by atoms with Crippen LogP contribution in [0.25, 0.3) is 5.69 Å². The highest BCUT2D eigenvalue weighted by Crippen LogP contribution is 2.34. The van der Waals surface area contributed by atoms with Gasteiger partial charge in [-0.3, -0.25) is 0 Å². The summed E-state index contributed by atoms with van der Waals surface area (Å²) >= 11 is 12.3. The number of anilines is 2. The molecule has 0 radical (unpaired) electrons. The molecule has 3 heterocycles. The standard InChI is InChI=1S/C32H35Cl2N5O4.C5H12N2/c1-3-22(2)39-32(40)38(21-35-39)26-7-5-24(6-8-26)36-14-16-37(17-15-36)25-9-11-27(12-10-25)41-19-28-20-42-31(43-28)29-13-4-23(33)18-30(29)34;1-4-7(5-2)6-3/h4-13,18,21-22,28,31H,3,14-17,19-20H2,1-2H3;4,6H,1,5H2,2-3H3/t22?,28-,31?;/m1./s1. The van der Waals surface area contributed by atoms with Crippen LogP contribution < -0.4 is 25.7 Å². The van der Waals surface area contributed by atoms with E-state index in [2.05, 4.69) is 58.1 Å². The van der Waals surface area contributed by atoms with Gasteiger partial charge in [-0.2, -0.15) is 5.10 Å². The average molecular weight is 725 g/mol. The Hall–Kier alpha value is -4.00. The molecule has 0 aliphatic carbocycles. The van der Waals surface area contributed by atoms with Gasteiger partial charge in [0.15, 0.2) is 6.29 Å². The van der Waals surface area contributed by atoms with E-state index in [1.54, 1.807) is 33.9 Å². The molecule has 1 N–H and O–H groups in total. The molecule has 50 heavy (non-hydrogen) atoms. The second-order valence-electron chi connectivity index (χ2n) is 12.1.